The van der Waals surface area contributed by atoms with Crippen molar-refractivity contribution in [3.63, 3.8) is 0 Å². The van der Waals surface area contributed by atoms with Crippen LogP contribution in [0.2, 0.25) is 0 Å². The fourth-order valence-electron chi connectivity index (χ4n) is 1.21. The third-order valence-electron chi connectivity index (χ3n) is 1.90. The molecule has 0 aromatic rings. The normalized spacial score (nSPS) is 18.6. The maximum Gasteiger partial charge on any atom is 0.0246 e. The van der Waals surface area contributed by atoms with E-state index in [1.807, 2.05) is 18.8 Å². The van der Waals surface area contributed by atoms with Crippen molar-refractivity contribution in [1.29, 1.82) is 0 Å². The Kier molecular flexibility index (Phi) is 5.72. The highest BCUT2D eigenvalue weighted by Crippen LogP contribution is 2.26. The molecule has 1 unspecified atom stereocenters. The zero-order chi connectivity index (χ0) is 10.2. The number of hydrogen-bond acceptors (Lipinski definition) is 2. The first kappa shape index (κ1) is 11.6. The van der Waals surface area contributed by atoms with Crippen LogP contribution in [0.3, 0.4) is 0 Å². The Morgan fingerprint density at radius 1 is 1.64 bits per heavy atom. The molecule has 1 rings (SSSR count). The number of likely N-dealkylation sites (N-methyl/N-ethyl adjacent to an activating group) is 1. The Hall–Kier alpha value is -0.470. The van der Waals surface area contributed by atoms with Gasteiger partial charge in [0.1, 0.15) is 0 Å². The second kappa shape index (κ2) is 6.91. The van der Waals surface area contributed by atoms with Crippen LogP contribution in [-0.2, 0) is 0 Å². The highest BCUT2D eigenvalue weighted by atomic mass is 32.2. The van der Waals surface area contributed by atoms with Gasteiger partial charge in [-0.25, -0.2) is 0 Å². The van der Waals surface area contributed by atoms with Crippen LogP contribution in [0.1, 0.15) is 13.3 Å². The molecule has 1 aliphatic carbocycles. The zero-order valence-electron chi connectivity index (χ0n) is 8.86. The SMILES string of the molecule is CNCC=CC(C)SC1=CC[CH]C=C1. The summed E-state index contributed by atoms with van der Waals surface area (Å²) >= 11 is 1.91. The molecule has 14 heavy (non-hydrogen) atoms. The lowest BCUT2D eigenvalue weighted by atomic mass is 10.2. The van der Waals surface area contributed by atoms with Crippen LogP contribution >= 0.6 is 11.8 Å². The summed E-state index contributed by atoms with van der Waals surface area (Å²) in [6.07, 6.45) is 14.2. The molecular formula is C12H18NS. The van der Waals surface area contributed by atoms with Crippen LogP contribution in [0, 0.1) is 6.42 Å². The molecule has 0 saturated heterocycles. The second-order valence-corrected chi connectivity index (χ2v) is 4.70. The molecule has 2 heteroatoms. The van der Waals surface area contributed by atoms with E-state index in [0.717, 1.165) is 13.0 Å². The molecule has 1 aliphatic rings. The predicted octanol–water partition coefficient (Wildman–Crippen LogP) is 2.93. The molecule has 1 radical (unpaired) electrons. The van der Waals surface area contributed by atoms with E-state index in [0.29, 0.717) is 5.25 Å². The molecule has 0 saturated carbocycles. The van der Waals surface area contributed by atoms with Crippen LogP contribution in [0.5, 0.6) is 0 Å². The van der Waals surface area contributed by atoms with Crippen LogP contribution in [-0.4, -0.2) is 18.8 Å². The molecule has 0 fully saturated rings. The highest BCUT2D eigenvalue weighted by Gasteiger charge is 2.02. The minimum atomic E-state index is 0.553. The summed E-state index contributed by atoms with van der Waals surface area (Å²) in [5.74, 6) is 0. The van der Waals surface area contributed by atoms with Crippen LogP contribution in [0.4, 0.5) is 0 Å². The van der Waals surface area contributed by atoms with E-state index in [1.165, 1.54) is 4.91 Å². The average Bonchev–Trinajstić information content (AvgIpc) is 2.20. The van der Waals surface area contributed by atoms with Crippen LogP contribution < -0.4 is 5.32 Å². The molecule has 1 atom stereocenters. The van der Waals surface area contributed by atoms with Crippen LogP contribution in [0.25, 0.3) is 0 Å². The topological polar surface area (TPSA) is 12.0 Å². The largest absolute Gasteiger partial charge is 0.316 e. The average molecular weight is 208 g/mol. The van der Waals surface area contributed by atoms with Gasteiger partial charge in [-0.2, -0.15) is 0 Å². The summed E-state index contributed by atoms with van der Waals surface area (Å²) in [4.78, 5) is 1.38. The summed E-state index contributed by atoms with van der Waals surface area (Å²) in [6.45, 7) is 3.18. The predicted molar refractivity (Wildman–Crippen MR) is 66.3 cm³/mol. The summed E-state index contributed by atoms with van der Waals surface area (Å²) in [6, 6.07) is 0. The molecule has 77 valence electrons. The summed E-state index contributed by atoms with van der Waals surface area (Å²) in [7, 11) is 1.96. The first-order valence-corrected chi connectivity index (χ1v) is 5.89. The molecule has 0 amide bonds. The number of rotatable bonds is 5. The lowest BCUT2D eigenvalue weighted by Crippen LogP contribution is -2.04. The summed E-state index contributed by atoms with van der Waals surface area (Å²) < 4.78 is 0. The van der Waals surface area contributed by atoms with Crippen LogP contribution in [0.15, 0.2) is 35.3 Å². The quantitative estimate of drug-likeness (QED) is 0.697. The summed E-state index contributed by atoms with van der Waals surface area (Å²) in [5.41, 5.74) is 0. The maximum atomic E-state index is 3.10. The van der Waals surface area contributed by atoms with Gasteiger partial charge in [-0.1, -0.05) is 30.4 Å². The molecular weight excluding hydrogens is 190 g/mol. The van der Waals surface area contributed by atoms with Gasteiger partial charge in [0.2, 0.25) is 0 Å². The van der Waals surface area contributed by atoms with Crippen molar-refractivity contribution in [2.45, 2.75) is 18.6 Å². The van der Waals surface area contributed by atoms with Crippen molar-refractivity contribution >= 4 is 11.8 Å². The van der Waals surface area contributed by atoms with Gasteiger partial charge < -0.3 is 5.32 Å². The standard InChI is InChI=1S/C12H18NS/c1-11(7-6-10-13-2)14-12-8-4-3-5-9-12/h3-4,6-9,11,13H,5,10H2,1-2H3. The van der Waals surface area contributed by atoms with Crippen molar-refractivity contribution < 1.29 is 0 Å². The van der Waals surface area contributed by atoms with Gasteiger partial charge in [0.05, 0.1) is 0 Å². The maximum absolute atomic E-state index is 3.10. The smallest absolute Gasteiger partial charge is 0.0246 e. The first-order chi connectivity index (χ1) is 6.83. The highest BCUT2D eigenvalue weighted by molar-refractivity contribution is 8.04. The molecule has 1 nitrogen and oxygen atoms in total. The third-order valence-corrected chi connectivity index (χ3v) is 3.01. The van der Waals surface area contributed by atoms with E-state index in [2.05, 4.69) is 49.0 Å². The van der Waals surface area contributed by atoms with E-state index < -0.39 is 0 Å². The molecule has 0 spiro atoms. The van der Waals surface area contributed by atoms with Gasteiger partial charge in [0.15, 0.2) is 0 Å². The number of thioether (sulfide) groups is 1. The van der Waals surface area contributed by atoms with Gasteiger partial charge in [0, 0.05) is 16.7 Å². The van der Waals surface area contributed by atoms with E-state index in [-0.39, 0.29) is 0 Å². The van der Waals surface area contributed by atoms with Crippen molar-refractivity contribution in [2.75, 3.05) is 13.6 Å². The Bertz CT molecular complexity index is 241. The van der Waals surface area contributed by atoms with Gasteiger partial charge >= 0.3 is 0 Å². The molecule has 0 aliphatic heterocycles. The fourth-order valence-corrected chi connectivity index (χ4v) is 2.18. The van der Waals surface area contributed by atoms with E-state index in [4.69, 9.17) is 0 Å². The fraction of sp³-hybridized carbons (Fsp3) is 0.417. The molecule has 0 bridgehead atoms. The Labute approximate surface area is 91.4 Å². The summed E-state index contributed by atoms with van der Waals surface area (Å²) in [5, 5.41) is 3.65. The molecule has 0 heterocycles. The first-order valence-electron chi connectivity index (χ1n) is 5.01. The molecule has 0 aromatic carbocycles. The minimum Gasteiger partial charge on any atom is -0.316 e. The third kappa shape index (κ3) is 4.68. The zero-order valence-corrected chi connectivity index (χ0v) is 9.68. The second-order valence-electron chi connectivity index (χ2n) is 3.25. The van der Waals surface area contributed by atoms with E-state index in [9.17, 15) is 0 Å². The lowest BCUT2D eigenvalue weighted by Gasteiger charge is -2.09. The number of nitrogens with one attached hydrogen (secondary N) is 1. The Morgan fingerprint density at radius 3 is 3.14 bits per heavy atom. The number of allylic oxidation sites excluding steroid dienone is 3. The minimum absolute atomic E-state index is 0.553. The number of hydrogen-bond donors (Lipinski definition) is 1. The Balaban J connectivity index is 2.29. The van der Waals surface area contributed by atoms with Gasteiger partial charge in [-0.15, -0.1) is 11.8 Å². The Morgan fingerprint density at radius 2 is 2.50 bits per heavy atom. The van der Waals surface area contributed by atoms with Crippen molar-refractivity contribution in [3.05, 3.63) is 41.7 Å². The van der Waals surface area contributed by atoms with Crippen molar-refractivity contribution in [1.82, 2.24) is 5.32 Å². The van der Waals surface area contributed by atoms with Crippen molar-refractivity contribution in [2.24, 2.45) is 0 Å². The van der Waals surface area contributed by atoms with E-state index in [1.54, 1.807) is 0 Å². The monoisotopic (exact) mass is 208 g/mol. The lowest BCUT2D eigenvalue weighted by molar-refractivity contribution is 0.916. The van der Waals surface area contributed by atoms with E-state index >= 15 is 0 Å². The van der Waals surface area contributed by atoms with Gasteiger partial charge in [0.25, 0.3) is 0 Å². The molecule has 1 N–H and O–H groups in total. The van der Waals surface area contributed by atoms with Crippen molar-refractivity contribution in [3.8, 4) is 0 Å². The molecule has 0 aromatic heterocycles. The van der Waals surface area contributed by atoms with Gasteiger partial charge in [-0.3, -0.25) is 0 Å². The van der Waals surface area contributed by atoms with Gasteiger partial charge in [-0.05, 0) is 26.8 Å².